The van der Waals surface area contributed by atoms with Gasteiger partial charge in [-0.2, -0.15) is 0 Å². The van der Waals surface area contributed by atoms with Crippen LogP contribution in [0.5, 0.6) is 0 Å². The van der Waals surface area contributed by atoms with Crippen molar-refractivity contribution in [2.24, 2.45) is 0 Å². The number of rotatable bonds is 5. The molecule has 0 unspecified atom stereocenters. The summed E-state index contributed by atoms with van der Waals surface area (Å²) in [5.74, 6) is -0.333. The van der Waals surface area contributed by atoms with E-state index < -0.39 is 0 Å². The smallest absolute Gasteiger partial charge is 0.255 e. The Morgan fingerprint density at radius 3 is 2.15 bits per heavy atom. The molecule has 0 radical (unpaired) electrons. The van der Waals surface area contributed by atoms with E-state index in [0.717, 1.165) is 24.2 Å². The van der Waals surface area contributed by atoms with Gasteiger partial charge in [0, 0.05) is 42.6 Å². The fraction of sp³-hybridized carbons (Fsp3) is 0.333. The van der Waals surface area contributed by atoms with Crippen molar-refractivity contribution in [1.29, 1.82) is 0 Å². The van der Waals surface area contributed by atoms with Crippen LogP contribution in [0.4, 0.5) is 11.4 Å². The zero-order valence-corrected chi connectivity index (χ0v) is 15.3. The molecule has 1 aliphatic carbocycles. The number of benzene rings is 2. The molecule has 0 atom stereocenters. The van der Waals surface area contributed by atoms with Crippen LogP contribution in [0.3, 0.4) is 0 Å². The number of nitrogens with zero attached hydrogens (tertiary/aromatic N) is 1. The number of hydrogen-bond acceptors (Lipinski definition) is 3. The second-order valence-corrected chi connectivity index (χ2v) is 6.93. The normalized spacial score (nSPS) is 14.1. The van der Waals surface area contributed by atoms with Crippen LogP contribution in [0.25, 0.3) is 0 Å². The molecule has 0 heterocycles. The van der Waals surface area contributed by atoms with Gasteiger partial charge in [0.1, 0.15) is 0 Å². The van der Waals surface area contributed by atoms with E-state index in [1.807, 2.05) is 43.3 Å². The molecule has 5 nitrogen and oxygen atoms in total. The molecule has 1 saturated carbocycles. The molecule has 0 bridgehead atoms. The first-order valence-corrected chi connectivity index (χ1v) is 9.02. The van der Waals surface area contributed by atoms with Gasteiger partial charge >= 0.3 is 0 Å². The van der Waals surface area contributed by atoms with Crippen molar-refractivity contribution < 1.29 is 9.59 Å². The third kappa shape index (κ3) is 4.42. The lowest BCUT2D eigenvalue weighted by Crippen LogP contribution is -2.32. The third-order valence-electron chi connectivity index (χ3n) is 4.72. The van der Waals surface area contributed by atoms with E-state index in [2.05, 4.69) is 10.6 Å². The molecular weight excluding hydrogens is 326 g/mol. The van der Waals surface area contributed by atoms with Gasteiger partial charge in [0.15, 0.2) is 0 Å². The average molecular weight is 351 g/mol. The van der Waals surface area contributed by atoms with Gasteiger partial charge in [0.05, 0.1) is 0 Å². The minimum absolute atomic E-state index is 0.109. The molecule has 2 N–H and O–H groups in total. The Kier molecular flexibility index (Phi) is 5.56. The van der Waals surface area contributed by atoms with Crippen molar-refractivity contribution in [3.8, 4) is 0 Å². The van der Waals surface area contributed by atoms with E-state index in [0.29, 0.717) is 11.1 Å². The first-order valence-electron chi connectivity index (χ1n) is 9.02. The van der Waals surface area contributed by atoms with Crippen LogP contribution < -0.4 is 15.5 Å². The number of anilines is 2. The molecule has 0 spiro atoms. The van der Waals surface area contributed by atoms with Crippen LogP contribution >= 0.6 is 0 Å². The van der Waals surface area contributed by atoms with Gasteiger partial charge in [-0.25, -0.2) is 0 Å². The van der Waals surface area contributed by atoms with Gasteiger partial charge < -0.3 is 15.5 Å². The Hall–Kier alpha value is -2.82. The molecule has 0 aliphatic heterocycles. The second-order valence-electron chi connectivity index (χ2n) is 6.93. The summed E-state index contributed by atoms with van der Waals surface area (Å²) in [4.78, 5) is 26.9. The molecule has 136 valence electrons. The molecule has 5 heteroatoms. The van der Waals surface area contributed by atoms with Crippen LogP contribution in [-0.2, 0) is 0 Å². The molecule has 26 heavy (non-hydrogen) atoms. The quantitative estimate of drug-likeness (QED) is 0.864. The maximum atomic E-state index is 12.5. The number of carbonyl (C=O) groups is 2. The Labute approximate surface area is 154 Å². The van der Waals surface area contributed by atoms with Gasteiger partial charge in [0.2, 0.25) is 0 Å². The summed E-state index contributed by atoms with van der Waals surface area (Å²) < 4.78 is 0. The van der Waals surface area contributed by atoms with E-state index in [4.69, 9.17) is 0 Å². The number of carbonyl (C=O) groups excluding carboxylic acids is 2. The standard InChI is InChI=1S/C21H25N3O2/c1-24(2)19-12-10-18(11-13-19)23-21(26)16-7-5-6-15(14-16)20(25)22-17-8-3-4-9-17/h5-7,10-14,17H,3-4,8-9H2,1-2H3,(H,22,25)(H,23,26). The summed E-state index contributed by atoms with van der Waals surface area (Å²) in [6.45, 7) is 0. The van der Waals surface area contributed by atoms with Crippen molar-refractivity contribution >= 4 is 23.2 Å². The topological polar surface area (TPSA) is 61.4 Å². The van der Waals surface area contributed by atoms with Crippen molar-refractivity contribution in [3.05, 3.63) is 59.7 Å². The van der Waals surface area contributed by atoms with Gasteiger partial charge in [-0.05, 0) is 55.3 Å². The van der Waals surface area contributed by atoms with E-state index >= 15 is 0 Å². The molecule has 1 fully saturated rings. The Balaban J connectivity index is 1.66. The number of nitrogens with one attached hydrogen (secondary N) is 2. The summed E-state index contributed by atoms with van der Waals surface area (Å²) in [5.41, 5.74) is 2.78. The predicted octanol–water partition coefficient (Wildman–Crippen LogP) is 3.68. The first kappa shape index (κ1) is 18.0. The first-order chi connectivity index (χ1) is 12.5. The molecule has 2 aromatic carbocycles. The summed E-state index contributed by atoms with van der Waals surface area (Å²) in [6.07, 6.45) is 4.41. The Bertz CT molecular complexity index is 778. The van der Waals surface area contributed by atoms with Crippen LogP contribution in [0.2, 0.25) is 0 Å². The largest absolute Gasteiger partial charge is 0.378 e. The maximum absolute atomic E-state index is 12.5. The molecule has 2 amide bonds. The van der Waals surface area contributed by atoms with Gasteiger partial charge in [-0.1, -0.05) is 18.9 Å². The van der Waals surface area contributed by atoms with Crippen LogP contribution in [0, 0.1) is 0 Å². The lowest BCUT2D eigenvalue weighted by molar-refractivity contribution is 0.0938. The minimum atomic E-state index is -0.224. The van der Waals surface area contributed by atoms with E-state index in [1.54, 1.807) is 24.3 Å². The Morgan fingerprint density at radius 1 is 0.923 bits per heavy atom. The van der Waals surface area contributed by atoms with Crippen LogP contribution in [-0.4, -0.2) is 32.0 Å². The highest BCUT2D eigenvalue weighted by molar-refractivity contribution is 6.06. The zero-order chi connectivity index (χ0) is 18.5. The van der Waals surface area contributed by atoms with Crippen molar-refractivity contribution in [2.45, 2.75) is 31.7 Å². The second kappa shape index (κ2) is 8.04. The van der Waals surface area contributed by atoms with Crippen molar-refractivity contribution in [2.75, 3.05) is 24.3 Å². The maximum Gasteiger partial charge on any atom is 0.255 e. The van der Waals surface area contributed by atoms with Crippen molar-refractivity contribution in [1.82, 2.24) is 5.32 Å². The molecule has 3 rings (SSSR count). The lowest BCUT2D eigenvalue weighted by atomic mass is 10.1. The molecule has 1 aliphatic rings. The van der Waals surface area contributed by atoms with Crippen LogP contribution in [0.15, 0.2) is 48.5 Å². The number of hydrogen-bond donors (Lipinski definition) is 2. The predicted molar refractivity (Wildman–Crippen MR) is 105 cm³/mol. The fourth-order valence-electron chi connectivity index (χ4n) is 3.19. The van der Waals surface area contributed by atoms with E-state index in [1.165, 1.54) is 12.8 Å². The van der Waals surface area contributed by atoms with Gasteiger partial charge in [-0.15, -0.1) is 0 Å². The summed E-state index contributed by atoms with van der Waals surface area (Å²) in [6, 6.07) is 14.7. The Morgan fingerprint density at radius 2 is 1.54 bits per heavy atom. The van der Waals surface area contributed by atoms with Crippen molar-refractivity contribution in [3.63, 3.8) is 0 Å². The fourth-order valence-corrected chi connectivity index (χ4v) is 3.19. The SMILES string of the molecule is CN(C)c1ccc(NC(=O)c2cccc(C(=O)NC3CCCC3)c2)cc1. The van der Waals surface area contributed by atoms with Crippen LogP contribution in [0.1, 0.15) is 46.4 Å². The molecule has 0 saturated heterocycles. The lowest BCUT2D eigenvalue weighted by Gasteiger charge is -2.14. The average Bonchev–Trinajstić information content (AvgIpc) is 3.15. The van der Waals surface area contributed by atoms with Gasteiger partial charge in [0.25, 0.3) is 11.8 Å². The molecule has 2 aromatic rings. The summed E-state index contributed by atoms with van der Waals surface area (Å²) in [7, 11) is 3.94. The summed E-state index contributed by atoms with van der Waals surface area (Å²) in [5, 5.41) is 5.93. The molecular formula is C21H25N3O2. The molecule has 0 aromatic heterocycles. The van der Waals surface area contributed by atoms with E-state index in [9.17, 15) is 9.59 Å². The minimum Gasteiger partial charge on any atom is -0.378 e. The third-order valence-corrected chi connectivity index (χ3v) is 4.72. The monoisotopic (exact) mass is 351 g/mol. The van der Waals surface area contributed by atoms with E-state index in [-0.39, 0.29) is 17.9 Å². The highest BCUT2D eigenvalue weighted by Gasteiger charge is 2.18. The highest BCUT2D eigenvalue weighted by atomic mass is 16.2. The summed E-state index contributed by atoms with van der Waals surface area (Å²) >= 11 is 0. The zero-order valence-electron chi connectivity index (χ0n) is 15.3. The number of amides is 2. The highest BCUT2D eigenvalue weighted by Crippen LogP contribution is 2.19. The van der Waals surface area contributed by atoms with Gasteiger partial charge in [-0.3, -0.25) is 9.59 Å².